The Morgan fingerprint density at radius 3 is 2.95 bits per heavy atom. The van der Waals surface area contributed by atoms with E-state index in [4.69, 9.17) is 9.47 Å². The number of aromatic amines is 1. The summed E-state index contributed by atoms with van der Waals surface area (Å²) in [6, 6.07) is -0.802. The molecule has 1 aliphatic rings. The predicted octanol–water partition coefficient (Wildman–Crippen LogP) is -0.502. The van der Waals surface area contributed by atoms with Gasteiger partial charge >= 0.3 is 22.2 Å². The minimum Gasteiger partial charge on any atom is -0.466 e. The van der Waals surface area contributed by atoms with Crippen molar-refractivity contribution in [2.24, 2.45) is 0 Å². The van der Waals surface area contributed by atoms with Gasteiger partial charge in [-0.3, -0.25) is 4.79 Å². The van der Waals surface area contributed by atoms with E-state index in [-0.39, 0.29) is 25.1 Å². The summed E-state index contributed by atoms with van der Waals surface area (Å²) in [4.78, 5) is 15.6. The van der Waals surface area contributed by atoms with Gasteiger partial charge in [-0.2, -0.15) is 17.7 Å². The number of rotatable bonds is 6. The Hall–Kier alpha value is -1.88. The summed E-state index contributed by atoms with van der Waals surface area (Å²) in [5, 5.41) is 6.02. The van der Waals surface area contributed by atoms with Crippen LogP contribution in [0.1, 0.15) is 19.8 Å². The quantitative estimate of drug-likeness (QED) is 0.677. The monoisotopic (exact) mass is 319 g/mol. The number of methoxy groups -OCH3 is 1. The molecule has 1 aromatic rings. The molecule has 1 unspecified atom stereocenters. The van der Waals surface area contributed by atoms with Crippen LogP contribution >= 0.6 is 0 Å². The van der Waals surface area contributed by atoms with Crippen LogP contribution < -0.4 is 9.46 Å². The van der Waals surface area contributed by atoms with E-state index in [0.29, 0.717) is 12.8 Å². The predicted molar refractivity (Wildman–Crippen MR) is 71.8 cm³/mol. The highest BCUT2D eigenvalue weighted by atomic mass is 32.2. The Kier molecular flexibility index (Phi) is 4.63. The normalized spacial score (nSPS) is 19.4. The van der Waals surface area contributed by atoms with Gasteiger partial charge in [-0.25, -0.2) is 9.82 Å². The van der Waals surface area contributed by atoms with Crippen LogP contribution in [0.15, 0.2) is 0 Å². The second kappa shape index (κ2) is 6.26. The zero-order valence-electron chi connectivity index (χ0n) is 11.7. The maximum atomic E-state index is 12.3. The molecule has 2 heterocycles. The summed E-state index contributed by atoms with van der Waals surface area (Å²) < 4.78 is 37.5. The third-order valence-corrected chi connectivity index (χ3v) is 4.45. The number of carbonyl (C=O) groups excluding carboxylic acids is 1. The zero-order chi connectivity index (χ0) is 15.5. The number of ether oxygens (including phenoxy) is 2. The largest absolute Gasteiger partial charge is 0.466 e. The number of aromatic nitrogens is 3. The van der Waals surface area contributed by atoms with Crippen molar-refractivity contribution in [2.75, 3.05) is 25.0 Å². The first-order chi connectivity index (χ1) is 9.97. The van der Waals surface area contributed by atoms with Gasteiger partial charge in [-0.05, 0) is 19.8 Å². The number of esters is 1. The summed E-state index contributed by atoms with van der Waals surface area (Å²) >= 11 is 0. The fourth-order valence-corrected chi connectivity index (χ4v) is 3.41. The highest BCUT2D eigenvalue weighted by Crippen LogP contribution is 2.23. The molecule has 0 amide bonds. The summed E-state index contributed by atoms with van der Waals surface area (Å²) in [6.07, 6.45) is 1.02. The van der Waals surface area contributed by atoms with E-state index in [1.807, 2.05) is 0 Å². The Bertz CT molecular complexity index is 601. The SMILES string of the molecule is CCOC(=O)C1CCCN1S(=O)(=O)Nc1nc(OC)n[nH]1. The summed E-state index contributed by atoms with van der Waals surface area (Å²) in [7, 11) is -2.57. The molecule has 118 valence electrons. The minimum absolute atomic E-state index is 0.0102. The van der Waals surface area contributed by atoms with Crippen LogP contribution in [0.3, 0.4) is 0 Å². The number of H-pyrrole nitrogens is 1. The molecule has 10 nitrogen and oxygen atoms in total. The summed E-state index contributed by atoms with van der Waals surface area (Å²) in [5.41, 5.74) is 0. The van der Waals surface area contributed by atoms with Crippen molar-refractivity contribution >= 4 is 22.1 Å². The highest BCUT2D eigenvalue weighted by Gasteiger charge is 2.40. The average Bonchev–Trinajstić information content (AvgIpc) is 3.06. The molecule has 1 atom stereocenters. The third-order valence-electron chi connectivity index (χ3n) is 2.94. The number of nitrogens with one attached hydrogen (secondary N) is 2. The third kappa shape index (κ3) is 3.42. The van der Waals surface area contributed by atoms with Crippen LogP contribution in [0.5, 0.6) is 6.01 Å². The minimum atomic E-state index is -3.93. The van der Waals surface area contributed by atoms with Crippen molar-refractivity contribution in [3.63, 3.8) is 0 Å². The molecule has 21 heavy (non-hydrogen) atoms. The number of carbonyl (C=O) groups is 1. The van der Waals surface area contributed by atoms with Gasteiger partial charge in [-0.15, -0.1) is 5.10 Å². The van der Waals surface area contributed by atoms with E-state index in [2.05, 4.69) is 19.9 Å². The van der Waals surface area contributed by atoms with Crippen molar-refractivity contribution in [2.45, 2.75) is 25.8 Å². The molecule has 1 fully saturated rings. The first kappa shape index (κ1) is 15.5. The Morgan fingerprint density at radius 1 is 1.57 bits per heavy atom. The molecule has 1 aliphatic heterocycles. The number of hydrogen-bond donors (Lipinski definition) is 2. The zero-order valence-corrected chi connectivity index (χ0v) is 12.5. The molecule has 0 bridgehead atoms. The lowest BCUT2D eigenvalue weighted by Gasteiger charge is -2.22. The van der Waals surface area contributed by atoms with Crippen molar-refractivity contribution < 1.29 is 22.7 Å². The molecular formula is C10H17N5O5S. The number of anilines is 1. The lowest BCUT2D eigenvalue weighted by molar-refractivity contribution is -0.146. The van der Waals surface area contributed by atoms with Crippen LogP contribution in [0.4, 0.5) is 5.95 Å². The topological polar surface area (TPSA) is 127 Å². The van der Waals surface area contributed by atoms with Gasteiger partial charge in [0.2, 0.25) is 5.95 Å². The van der Waals surface area contributed by atoms with Crippen LogP contribution in [-0.2, 0) is 19.7 Å². The van der Waals surface area contributed by atoms with Crippen LogP contribution in [0.25, 0.3) is 0 Å². The van der Waals surface area contributed by atoms with E-state index in [9.17, 15) is 13.2 Å². The van der Waals surface area contributed by atoms with E-state index in [1.165, 1.54) is 7.11 Å². The highest BCUT2D eigenvalue weighted by molar-refractivity contribution is 7.90. The van der Waals surface area contributed by atoms with Gasteiger partial charge in [0.05, 0.1) is 13.7 Å². The molecule has 0 saturated carbocycles. The molecule has 0 radical (unpaired) electrons. The molecule has 1 saturated heterocycles. The first-order valence-electron chi connectivity index (χ1n) is 6.40. The van der Waals surface area contributed by atoms with E-state index in [1.54, 1.807) is 6.92 Å². The van der Waals surface area contributed by atoms with Crippen LogP contribution in [0, 0.1) is 0 Å². The molecule has 1 aromatic heterocycles. The van der Waals surface area contributed by atoms with Crippen molar-refractivity contribution in [3.8, 4) is 6.01 Å². The lowest BCUT2D eigenvalue weighted by atomic mass is 10.2. The maximum absolute atomic E-state index is 12.3. The number of hydrogen-bond acceptors (Lipinski definition) is 7. The van der Waals surface area contributed by atoms with E-state index in [0.717, 1.165) is 4.31 Å². The standard InChI is InChI=1S/C10H17N5O5S/c1-3-20-8(16)7-5-4-6-15(7)21(17,18)14-9-11-10(19-2)13-12-9/h7H,3-6H2,1-2H3,(H2,11,12,13,14). The fourth-order valence-electron chi connectivity index (χ4n) is 2.07. The second-order valence-electron chi connectivity index (χ2n) is 4.30. The maximum Gasteiger partial charge on any atom is 0.336 e. The number of nitrogens with zero attached hydrogens (tertiary/aromatic N) is 3. The summed E-state index contributed by atoms with van der Waals surface area (Å²) in [6.45, 7) is 2.12. The molecule has 11 heteroatoms. The lowest BCUT2D eigenvalue weighted by Crippen LogP contribution is -2.44. The van der Waals surface area contributed by atoms with Gasteiger partial charge in [0, 0.05) is 6.54 Å². The van der Waals surface area contributed by atoms with Crippen molar-refractivity contribution in [3.05, 3.63) is 0 Å². The van der Waals surface area contributed by atoms with E-state index >= 15 is 0 Å². The Morgan fingerprint density at radius 2 is 2.33 bits per heavy atom. The van der Waals surface area contributed by atoms with Crippen molar-refractivity contribution in [1.82, 2.24) is 19.5 Å². The molecule has 0 aromatic carbocycles. The first-order valence-corrected chi connectivity index (χ1v) is 7.84. The average molecular weight is 319 g/mol. The Balaban J connectivity index is 2.12. The van der Waals surface area contributed by atoms with Gasteiger partial charge in [0.1, 0.15) is 6.04 Å². The van der Waals surface area contributed by atoms with Gasteiger partial charge in [-0.1, -0.05) is 0 Å². The molecule has 0 aliphatic carbocycles. The van der Waals surface area contributed by atoms with Crippen LogP contribution in [-0.4, -0.2) is 60.2 Å². The Labute approximate surface area is 122 Å². The van der Waals surface area contributed by atoms with Crippen LogP contribution in [0.2, 0.25) is 0 Å². The smallest absolute Gasteiger partial charge is 0.336 e. The van der Waals surface area contributed by atoms with Gasteiger partial charge in [0.15, 0.2) is 0 Å². The molecule has 2 N–H and O–H groups in total. The summed E-state index contributed by atoms with van der Waals surface area (Å²) in [5.74, 6) is -0.628. The van der Waals surface area contributed by atoms with Gasteiger partial charge < -0.3 is 9.47 Å². The molecule has 0 spiro atoms. The fraction of sp³-hybridized carbons (Fsp3) is 0.700. The molecular weight excluding hydrogens is 302 g/mol. The van der Waals surface area contributed by atoms with E-state index < -0.39 is 22.2 Å². The van der Waals surface area contributed by atoms with Crippen molar-refractivity contribution in [1.29, 1.82) is 0 Å². The second-order valence-corrected chi connectivity index (χ2v) is 5.92. The molecule has 2 rings (SSSR count). The van der Waals surface area contributed by atoms with Gasteiger partial charge in [0.25, 0.3) is 0 Å².